The number of benzene rings is 1. The summed E-state index contributed by atoms with van der Waals surface area (Å²) in [6, 6.07) is 10.2. The molecule has 3 heteroatoms. The topological polar surface area (TPSA) is 39.1 Å². The fraction of sp³-hybridized carbons (Fsp3) is 0.357. The van der Waals surface area contributed by atoms with Gasteiger partial charge in [0.2, 0.25) is 0 Å². The monoisotopic (exact) mass is 227 g/mol. The van der Waals surface area contributed by atoms with Crippen molar-refractivity contribution >= 4 is 0 Å². The summed E-state index contributed by atoms with van der Waals surface area (Å²) in [6.45, 7) is 7.91. The molecule has 2 rings (SSSR count). The van der Waals surface area contributed by atoms with Crippen molar-refractivity contribution in [2.75, 3.05) is 26.2 Å². The minimum Gasteiger partial charge on any atom is -0.314 e. The Morgan fingerprint density at radius 1 is 1.35 bits per heavy atom. The Hall–Kier alpha value is -1.63. The molecule has 1 aromatic rings. The van der Waals surface area contributed by atoms with Gasteiger partial charge in [-0.15, -0.1) is 6.58 Å². The van der Waals surface area contributed by atoms with Crippen LogP contribution in [0.2, 0.25) is 0 Å². The lowest BCUT2D eigenvalue weighted by Gasteiger charge is -2.33. The first-order valence-electron chi connectivity index (χ1n) is 5.93. The first kappa shape index (κ1) is 11.8. The Labute approximate surface area is 102 Å². The van der Waals surface area contributed by atoms with Gasteiger partial charge in [0.25, 0.3) is 0 Å². The highest BCUT2D eigenvalue weighted by atomic mass is 15.2. The maximum atomic E-state index is 9.15. The zero-order valence-corrected chi connectivity index (χ0v) is 9.89. The van der Waals surface area contributed by atoms with Crippen molar-refractivity contribution in [3.05, 3.63) is 48.0 Å². The van der Waals surface area contributed by atoms with Crippen LogP contribution in [0, 0.1) is 11.3 Å². The summed E-state index contributed by atoms with van der Waals surface area (Å²) in [6.07, 6.45) is 1.93. The molecule has 0 bridgehead atoms. The number of hydrogen-bond donors (Lipinski definition) is 1. The maximum absolute atomic E-state index is 9.15. The van der Waals surface area contributed by atoms with Crippen LogP contribution in [0.25, 0.3) is 0 Å². The molecular weight excluding hydrogens is 210 g/mol. The lowest BCUT2D eigenvalue weighted by atomic mass is 9.99. The van der Waals surface area contributed by atoms with Gasteiger partial charge in [0.05, 0.1) is 17.7 Å². The highest BCUT2D eigenvalue weighted by Gasteiger charge is 2.21. The van der Waals surface area contributed by atoms with E-state index in [4.69, 9.17) is 5.26 Å². The van der Waals surface area contributed by atoms with Crippen LogP contribution in [0.3, 0.4) is 0 Å². The van der Waals surface area contributed by atoms with Crippen molar-refractivity contribution in [3.8, 4) is 6.07 Å². The molecule has 0 aromatic heterocycles. The van der Waals surface area contributed by atoms with E-state index < -0.39 is 0 Å². The van der Waals surface area contributed by atoms with Gasteiger partial charge < -0.3 is 5.32 Å². The first-order chi connectivity index (χ1) is 8.36. The number of nitrogens with zero attached hydrogens (tertiary/aromatic N) is 2. The summed E-state index contributed by atoms with van der Waals surface area (Å²) in [5.74, 6) is 0. The Morgan fingerprint density at radius 3 is 2.71 bits per heavy atom. The number of hydrogen-bond acceptors (Lipinski definition) is 3. The third kappa shape index (κ3) is 2.55. The van der Waals surface area contributed by atoms with E-state index in [0.29, 0.717) is 0 Å². The summed E-state index contributed by atoms with van der Waals surface area (Å²) < 4.78 is 0. The standard InChI is InChI=1S/C14H17N3/c1-2-14(17-9-7-16-8-10-17)13-6-4-3-5-12(13)11-15/h2-6,14,16H,1,7-10H2/t14-/m0/s1. The molecule has 0 amide bonds. The van der Waals surface area contributed by atoms with E-state index in [9.17, 15) is 0 Å². The van der Waals surface area contributed by atoms with Crippen LogP contribution >= 0.6 is 0 Å². The van der Waals surface area contributed by atoms with Crippen molar-refractivity contribution in [1.82, 2.24) is 10.2 Å². The summed E-state index contributed by atoms with van der Waals surface area (Å²) in [5.41, 5.74) is 1.81. The van der Waals surface area contributed by atoms with Crippen molar-refractivity contribution in [2.24, 2.45) is 0 Å². The van der Waals surface area contributed by atoms with Gasteiger partial charge in [-0.25, -0.2) is 0 Å². The SMILES string of the molecule is C=C[C@@H](c1ccccc1C#N)N1CCNCC1. The molecule has 17 heavy (non-hydrogen) atoms. The van der Waals surface area contributed by atoms with Gasteiger partial charge in [-0.3, -0.25) is 4.90 Å². The Morgan fingerprint density at radius 2 is 2.06 bits per heavy atom. The normalized spacial score (nSPS) is 18.3. The highest BCUT2D eigenvalue weighted by molar-refractivity contribution is 5.40. The smallest absolute Gasteiger partial charge is 0.0995 e. The summed E-state index contributed by atoms with van der Waals surface area (Å²) in [4.78, 5) is 2.36. The highest BCUT2D eigenvalue weighted by Crippen LogP contribution is 2.24. The van der Waals surface area contributed by atoms with Gasteiger partial charge in [-0.2, -0.15) is 5.26 Å². The van der Waals surface area contributed by atoms with Gasteiger partial charge in [0.1, 0.15) is 0 Å². The largest absolute Gasteiger partial charge is 0.314 e. The van der Waals surface area contributed by atoms with E-state index in [1.165, 1.54) is 0 Å². The molecule has 1 aliphatic heterocycles. The third-order valence-electron chi connectivity index (χ3n) is 3.17. The third-order valence-corrected chi connectivity index (χ3v) is 3.17. The molecule has 1 fully saturated rings. The minimum absolute atomic E-state index is 0.146. The van der Waals surface area contributed by atoms with Crippen molar-refractivity contribution in [3.63, 3.8) is 0 Å². The van der Waals surface area contributed by atoms with Gasteiger partial charge in [-0.05, 0) is 11.6 Å². The van der Waals surface area contributed by atoms with Gasteiger partial charge in [-0.1, -0.05) is 24.3 Å². The Kier molecular flexibility index (Phi) is 3.92. The van der Waals surface area contributed by atoms with E-state index >= 15 is 0 Å². The second kappa shape index (κ2) is 5.62. The summed E-state index contributed by atoms with van der Waals surface area (Å²) in [5, 5.41) is 12.5. The molecule has 0 saturated carbocycles. The van der Waals surface area contributed by atoms with Crippen LogP contribution in [0.4, 0.5) is 0 Å². The van der Waals surface area contributed by atoms with E-state index in [0.717, 1.165) is 37.3 Å². The van der Waals surface area contributed by atoms with Crippen LogP contribution in [0.5, 0.6) is 0 Å². The summed E-state index contributed by atoms with van der Waals surface area (Å²) in [7, 11) is 0. The van der Waals surface area contributed by atoms with Gasteiger partial charge >= 0.3 is 0 Å². The maximum Gasteiger partial charge on any atom is 0.0995 e. The van der Waals surface area contributed by atoms with Crippen LogP contribution in [-0.4, -0.2) is 31.1 Å². The fourth-order valence-electron chi connectivity index (χ4n) is 2.29. The molecule has 1 aliphatic rings. The molecule has 88 valence electrons. The predicted molar refractivity (Wildman–Crippen MR) is 68.5 cm³/mol. The van der Waals surface area contributed by atoms with E-state index in [1.54, 1.807) is 0 Å². The van der Waals surface area contributed by atoms with Crippen molar-refractivity contribution in [2.45, 2.75) is 6.04 Å². The predicted octanol–water partition coefficient (Wildman–Crippen LogP) is 1.69. The molecule has 1 atom stereocenters. The molecule has 1 N–H and O–H groups in total. The second-order valence-electron chi connectivity index (χ2n) is 4.17. The molecular formula is C14H17N3. The number of rotatable bonds is 3. The van der Waals surface area contributed by atoms with Gasteiger partial charge in [0.15, 0.2) is 0 Å². The summed E-state index contributed by atoms with van der Waals surface area (Å²) >= 11 is 0. The van der Waals surface area contributed by atoms with E-state index in [2.05, 4.69) is 22.9 Å². The van der Waals surface area contributed by atoms with E-state index in [1.807, 2.05) is 30.3 Å². The average molecular weight is 227 g/mol. The zero-order valence-electron chi connectivity index (χ0n) is 9.89. The number of piperazine rings is 1. The molecule has 0 spiro atoms. The van der Waals surface area contributed by atoms with Gasteiger partial charge in [0, 0.05) is 26.2 Å². The molecule has 3 nitrogen and oxygen atoms in total. The average Bonchev–Trinajstić information content (AvgIpc) is 2.41. The Bertz CT molecular complexity index is 427. The van der Waals surface area contributed by atoms with Crippen LogP contribution in [0.15, 0.2) is 36.9 Å². The quantitative estimate of drug-likeness (QED) is 0.799. The lowest BCUT2D eigenvalue weighted by Crippen LogP contribution is -2.44. The molecule has 0 radical (unpaired) electrons. The first-order valence-corrected chi connectivity index (χ1v) is 5.93. The number of nitriles is 1. The van der Waals surface area contributed by atoms with Crippen molar-refractivity contribution in [1.29, 1.82) is 5.26 Å². The molecule has 1 saturated heterocycles. The molecule has 1 aromatic carbocycles. The zero-order chi connectivity index (χ0) is 12.1. The van der Waals surface area contributed by atoms with Crippen LogP contribution in [0.1, 0.15) is 17.2 Å². The van der Waals surface area contributed by atoms with Crippen LogP contribution < -0.4 is 5.32 Å². The van der Waals surface area contributed by atoms with E-state index in [-0.39, 0.29) is 6.04 Å². The fourth-order valence-corrected chi connectivity index (χ4v) is 2.29. The minimum atomic E-state index is 0.146. The molecule has 1 heterocycles. The Balaban J connectivity index is 2.28. The second-order valence-corrected chi connectivity index (χ2v) is 4.17. The molecule has 0 aliphatic carbocycles. The number of nitrogens with one attached hydrogen (secondary N) is 1. The van der Waals surface area contributed by atoms with Crippen molar-refractivity contribution < 1.29 is 0 Å². The molecule has 0 unspecified atom stereocenters. The lowest BCUT2D eigenvalue weighted by molar-refractivity contribution is 0.203. The van der Waals surface area contributed by atoms with Crippen LogP contribution in [-0.2, 0) is 0 Å².